The van der Waals surface area contributed by atoms with Crippen LogP contribution in [0.2, 0.25) is 5.02 Å². The summed E-state index contributed by atoms with van der Waals surface area (Å²) in [6, 6.07) is 18.7. The summed E-state index contributed by atoms with van der Waals surface area (Å²) in [6.45, 7) is 2.10. The number of hydrogen-bond donors (Lipinski definition) is 0. The molecule has 0 radical (unpaired) electrons. The van der Waals surface area contributed by atoms with Gasteiger partial charge in [0.2, 0.25) is 0 Å². The summed E-state index contributed by atoms with van der Waals surface area (Å²) in [6.07, 6.45) is -0.474. The number of hydrogen-bond acceptors (Lipinski definition) is 1. The minimum absolute atomic E-state index is 0.0313. The van der Waals surface area contributed by atoms with Crippen molar-refractivity contribution < 1.29 is 35.5 Å². The van der Waals surface area contributed by atoms with E-state index in [4.69, 9.17) is 11.6 Å². The SMILES string of the molecule is CCCCCc1ccc(-c2cc(F)c(C(F)(F)Oc3ccc(-c4ccc(-c5ccc(Cl)c(F)c5)c(F)c4)c(F)c3)c(F)c2)cc1. The highest BCUT2D eigenvalue weighted by Gasteiger charge is 2.41. The fourth-order valence-corrected chi connectivity index (χ4v) is 5.15. The predicted molar refractivity (Wildman–Crippen MR) is 162 cm³/mol. The molecule has 0 saturated heterocycles. The zero-order valence-corrected chi connectivity index (χ0v) is 24.7. The molecule has 0 aliphatic rings. The van der Waals surface area contributed by atoms with Gasteiger partial charge in [-0.2, -0.15) is 8.78 Å². The van der Waals surface area contributed by atoms with Gasteiger partial charge in [0.05, 0.1) is 5.02 Å². The molecule has 5 aromatic rings. The van der Waals surface area contributed by atoms with Gasteiger partial charge >= 0.3 is 6.11 Å². The van der Waals surface area contributed by atoms with E-state index in [2.05, 4.69) is 11.7 Å². The van der Waals surface area contributed by atoms with Crippen LogP contribution in [0.15, 0.2) is 91.0 Å². The van der Waals surface area contributed by atoms with Gasteiger partial charge in [-0.15, -0.1) is 0 Å². The van der Waals surface area contributed by atoms with Crippen LogP contribution in [-0.2, 0) is 12.5 Å². The maximum Gasteiger partial charge on any atom is 0.432 e. The average Bonchev–Trinajstić information content (AvgIpc) is 2.98. The Labute approximate surface area is 260 Å². The number of halogens is 8. The lowest BCUT2D eigenvalue weighted by Crippen LogP contribution is -2.25. The van der Waals surface area contributed by atoms with E-state index >= 15 is 13.2 Å². The molecule has 0 spiro atoms. The number of ether oxygens (including phenoxy) is 1. The summed E-state index contributed by atoms with van der Waals surface area (Å²) in [5, 5.41) is -0.133. The summed E-state index contributed by atoms with van der Waals surface area (Å²) in [7, 11) is 0. The largest absolute Gasteiger partial charge is 0.432 e. The van der Waals surface area contributed by atoms with Crippen molar-refractivity contribution in [3.8, 4) is 39.1 Å². The van der Waals surface area contributed by atoms with Gasteiger partial charge in [0.1, 0.15) is 40.4 Å². The molecule has 232 valence electrons. The number of unbranched alkanes of at least 4 members (excludes halogenated alkanes) is 2. The maximum atomic E-state index is 15.1. The van der Waals surface area contributed by atoms with E-state index < -0.39 is 46.5 Å². The van der Waals surface area contributed by atoms with Gasteiger partial charge in [-0.25, -0.2) is 22.0 Å². The molecular weight excluding hydrogens is 617 g/mol. The molecule has 45 heavy (non-hydrogen) atoms. The van der Waals surface area contributed by atoms with Crippen LogP contribution < -0.4 is 4.74 Å². The van der Waals surface area contributed by atoms with Crippen LogP contribution in [0.5, 0.6) is 5.75 Å². The third kappa shape index (κ3) is 7.17. The van der Waals surface area contributed by atoms with Crippen LogP contribution in [-0.4, -0.2) is 0 Å². The topological polar surface area (TPSA) is 9.23 Å². The lowest BCUT2D eigenvalue weighted by molar-refractivity contribution is -0.189. The first kappa shape index (κ1) is 32.1. The predicted octanol–water partition coefficient (Wildman–Crippen LogP) is 11.9. The van der Waals surface area contributed by atoms with Crippen molar-refractivity contribution in [3.05, 3.63) is 136 Å². The fraction of sp³-hybridized carbons (Fsp3) is 0.167. The second-order valence-electron chi connectivity index (χ2n) is 10.6. The first-order chi connectivity index (χ1) is 21.5. The summed E-state index contributed by atoms with van der Waals surface area (Å²) < 4.78 is 108. The molecule has 0 aliphatic carbocycles. The van der Waals surface area contributed by atoms with Gasteiger partial charge in [-0.3, -0.25) is 0 Å². The van der Waals surface area contributed by atoms with Crippen LogP contribution in [0.1, 0.15) is 37.3 Å². The molecule has 0 bridgehead atoms. The molecule has 0 atom stereocenters. The Morgan fingerprint density at radius 3 is 1.69 bits per heavy atom. The molecule has 5 rings (SSSR count). The molecular formula is C36H26ClF7O. The monoisotopic (exact) mass is 642 g/mol. The maximum absolute atomic E-state index is 15.1. The van der Waals surface area contributed by atoms with E-state index in [9.17, 15) is 17.6 Å². The number of benzene rings is 5. The highest BCUT2D eigenvalue weighted by molar-refractivity contribution is 6.30. The lowest BCUT2D eigenvalue weighted by Gasteiger charge is -2.20. The van der Waals surface area contributed by atoms with Crippen molar-refractivity contribution >= 4 is 11.6 Å². The first-order valence-electron chi connectivity index (χ1n) is 14.2. The van der Waals surface area contributed by atoms with Gasteiger partial charge in [-0.1, -0.05) is 73.8 Å². The Hall–Kier alpha value is -4.30. The Kier molecular flexibility index (Phi) is 9.53. The molecule has 0 saturated carbocycles. The quantitative estimate of drug-likeness (QED) is 0.109. The average molecular weight is 643 g/mol. The summed E-state index contributed by atoms with van der Waals surface area (Å²) in [5.74, 6) is -6.36. The van der Waals surface area contributed by atoms with Crippen molar-refractivity contribution in [1.82, 2.24) is 0 Å². The van der Waals surface area contributed by atoms with E-state index in [1.807, 2.05) is 12.1 Å². The highest BCUT2D eigenvalue weighted by Crippen LogP contribution is 2.39. The standard InChI is InChI=1S/C36H26ClF7O/c1-2-3-4-5-21-6-8-22(9-7-21)25-18-33(41)35(34(42)19-25)36(43,44)45-26-12-14-28(31(39)20-26)23-10-13-27(30(38)16-23)24-11-15-29(37)32(40)17-24/h6-20H,2-5H2,1H3. The smallest absolute Gasteiger partial charge is 0.429 e. The van der Waals surface area contributed by atoms with Gasteiger partial charge in [0.25, 0.3) is 0 Å². The molecule has 0 unspecified atom stereocenters. The molecule has 0 heterocycles. The van der Waals surface area contributed by atoms with Crippen molar-refractivity contribution in [2.75, 3.05) is 0 Å². The van der Waals surface area contributed by atoms with Crippen molar-refractivity contribution in [2.45, 2.75) is 38.7 Å². The fourth-order valence-electron chi connectivity index (χ4n) is 5.03. The van der Waals surface area contributed by atoms with E-state index in [1.165, 1.54) is 24.3 Å². The third-order valence-electron chi connectivity index (χ3n) is 7.39. The Balaban J connectivity index is 1.34. The van der Waals surface area contributed by atoms with Crippen molar-refractivity contribution in [3.63, 3.8) is 0 Å². The summed E-state index contributed by atoms with van der Waals surface area (Å²) in [5.41, 5.74) is 0.0896. The van der Waals surface area contributed by atoms with Crippen molar-refractivity contribution in [2.24, 2.45) is 0 Å². The van der Waals surface area contributed by atoms with E-state index in [-0.39, 0.29) is 32.8 Å². The number of alkyl halides is 2. The summed E-state index contributed by atoms with van der Waals surface area (Å²) >= 11 is 5.68. The molecule has 9 heteroatoms. The molecule has 0 amide bonds. The van der Waals surface area contributed by atoms with Crippen LogP contribution in [0.3, 0.4) is 0 Å². The minimum atomic E-state index is -4.49. The Morgan fingerprint density at radius 1 is 0.578 bits per heavy atom. The van der Waals surface area contributed by atoms with Gasteiger partial charge < -0.3 is 4.74 Å². The molecule has 0 aromatic heterocycles. The van der Waals surface area contributed by atoms with E-state index in [0.29, 0.717) is 11.6 Å². The van der Waals surface area contributed by atoms with Gasteiger partial charge in [-0.05, 0) is 83.1 Å². The Bertz CT molecular complexity index is 1810. The molecule has 5 aromatic carbocycles. The third-order valence-corrected chi connectivity index (χ3v) is 7.69. The zero-order chi connectivity index (χ0) is 32.3. The molecule has 0 aliphatic heterocycles. The van der Waals surface area contributed by atoms with Crippen molar-refractivity contribution in [1.29, 1.82) is 0 Å². The van der Waals surface area contributed by atoms with Gasteiger partial charge in [0.15, 0.2) is 0 Å². The number of aryl methyl sites for hydroxylation is 1. The minimum Gasteiger partial charge on any atom is -0.429 e. The molecule has 0 N–H and O–H groups in total. The molecule has 0 fully saturated rings. The lowest BCUT2D eigenvalue weighted by atomic mass is 9.99. The normalized spacial score (nSPS) is 11.6. The van der Waals surface area contributed by atoms with E-state index in [0.717, 1.165) is 67.6 Å². The van der Waals surface area contributed by atoms with Crippen LogP contribution >= 0.6 is 11.6 Å². The van der Waals surface area contributed by atoms with Crippen LogP contribution in [0, 0.1) is 29.1 Å². The van der Waals surface area contributed by atoms with Crippen LogP contribution in [0.4, 0.5) is 30.7 Å². The molecule has 1 nitrogen and oxygen atoms in total. The van der Waals surface area contributed by atoms with Crippen LogP contribution in [0.25, 0.3) is 33.4 Å². The first-order valence-corrected chi connectivity index (χ1v) is 14.5. The van der Waals surface area contributed by atoms with E-state index in [1.54, 1.807) is 12.1 Å². The number of rotatable bonds is 10. The Morgan fingerprint density at radius 2 is 1.11 bits per heavy atom. The second-order valence-corrected chi connectivity index (χ2v) is 11.0. The highest BCUT2D eigenvalue weighted by atomic mass is 35.5. The summed E-state index contributed by atoms with van der Waals surface area (Å²) in [4.78, 5) is 0. The zero-order valence-electron chi connectivity index (χ0n) is 23.9. The second kappa shape index (κ2) is 13.4. The van der Waals surface area contributed by atoms with Gasteiger partial charge in [0, 0.05) is 17.2 Å².